The maximum absolute atomic E-state index is 14.4. The SMILES string of the molecule is CN(C(=O)c1cc(Nc2nc(Nc3cc(C(=O)N(C)c4c[nH]c(C(=O)Nc5cc(P(=O)(O)O)c6cccc(P(=O)(O)O)c6c5)c4)n(C)c3)nc(Nc3cc(C(=O)N(C)c4c[nH]c(C(=O)Nc5cc(P(=O)(O)O)c6cccc(P(=O)(O)O)c6c5)c4)n(C)c3)n2)cn1C)c1c[nH]c(C(=O)Nc2cc(P(=O)(O)O)c3cccc(P(=O)(O)O)c3c2)c1. The number of fused-ring (bicyclic) bond motifs is 3. The van der Waals surface area contributed by atoms with Gasteiger partial charge in [0.25, 0.3) is 35.4 Å². The third kappa shape index (κ3) is 17.4. The van der Waals surface area contributed by atoms with Crippen molar-refractivity contribution in [1.29, 1.82) is 0 Å². The Labute approximate surface area is 657 Å². The Morgan fingerprint density at radius 1 is 0.325 bits per heavy atom. The summed E-state index contributed by atoms with van der Waals surface area (Å²) in [5.74, 6) is -5.04. The summed E-state index contributed by atoms with van der Waals surface area (Å²) in [6.07, 6.45) is 8.49. The van der Waals surface area contributed by atoms with E-state index in [4.69, 9.17) is 0 Å². The molecule has 0 radical (unpaired) electrons. The number of hydrogen-bond donors (Lipinski definition) is 21. The molecule has 6 amide bonds. The minimum absolute atomic E-state index is 0.0546. The largest absolute Gasteiger partial charge is 0.356 e. The lowest BCUT2D eigenvalue weighted by atomic mass is 10.1. The summed E-state index contributed by atoms with van der Waals surface area (Å²) in [7, 11) is -21.5. The summed E-state index contributed by atoms with van der Waals surface area (Å²) in [6, 6.07) is 25.2. The van der Waals surface area contributed by atoms with Gasteiger partial charge in [-0.3, -0.25) is 56.2 Å². The summed E-state index contributed by atoms with van der Waals surface area (Å²) in [6.45, 7) is 0. The van der Waals surface area contributed by atoms with Gasteiger partial charge < -0.3 is 134 Å². The molecular weight excluding hydrogens is 1650 g/mol. The molecule has 0 unspecified atom stereocenters. The molecule has 0 aliphatic heterocycles. The number of aromatic nitrogens is 9. The van der Waals surface area contributed by atoms with Crippen molar-refractivity contribution in [3.05, 3.63) is 199 Å². The number of anilines is 12. The molecule has 0 bridgehead atoms. The second-order valence-electron chi connectivity index (χ2n) is 26.5. The average molecular weight is 1720 g/mol. The molecule has 7 heterocycles. The van der Waals surface area contributed by atoms with Crippen molar-refractivity contribution in [3.8, 4) is 0 Å². The highest BCUT2D eigenvalue weighted by molar-refractivity contribution is 7.63. The lowest BCUT2D eigenvalue weighted by molar-refractivity contribution is 0.0977. The summed E-state index contributed by atoms with van der Waals surface area (Å²) in [5, 5.41) is 11.9. The van der Waals surface area contributed by atoms with Crippen LogP contribution in [-0.2, 0) is 48.5 Å². The summed E-state index contributed by atoms with van der Waals surface area (Å²) in [4.78, 5) is 231. The molecule has 0 aliphatic rings. The molecule has 21 N–H and O–H groups in total. The fourth-order valence-corrected chi connectivity index (χ4v) is 17.6. The van der Waals surface area contributed by atoms with Crippen LogP contribution in [0.4, 0.5) is 69.0 Å². The quantitative estimate of drug-likeness (QED) is 0.0355. The predicted molar refractivity (Wildman–Crippen MR) is 432 cm³/mol. The van der Waals surface area contributed by atoms with Gasteiger partial charge in [0.1, 0.15) is 34.2 Å². The first kappa shape index (κ1) is 82.9. The van der Waals surface area contributed by atoms with E-state index in [9.17, 15) is 115 Å². The molecule has 6 aromatic carbocycles. The van der Waals surface area contributed by atoms with E-state index in [1.54, 1.807) is 21.1 Å². The number of amides is 6. The maximum atomic E-state index is 14.4. The molecule has 48 heteroatoms. The van der Waals surface area contributed by atoms with Crippen molar-refractivity contribution in [2.45, 2.75) is 0 Å². The zero-order valence-corrected chi connectivity index (χ0v) is 66.4. The van der Waals surface area contributed by atoms with E-state index in [0.717, 1.165) is 54.6 Å². The highest BCUT2D eigenvalue weighted by Crippen LogP contribution is 2.46. The van der Waals surface area contributed by atoms with Crippen LogP contribution in [0.5, 0.6) is 0 Å². The predicted octanol–water partition coefficient (Wildman–Crippen LogP) is 4.97. The number of H-pyrrole nitrogens is 3. The molecule has 0 saturated heterocycles. The third-order valence-corrected chi connectivity index (χ3v) is 24.4. The number of aryl methyl sites for hydroxylation is 3. The molecule has 0 aliphatic carbocycles. The number of hydrogen-bond acceptors (Lipinski definition) is 18. The number of aromatic amines is 3. The minimum Gasteiger partial charge on any atom is -0.355 e. The van der Waals surface area contributed by atoms with Crippen molar-refractivity contribution in [2.24, 2.45) is 21.1 Å². The van der Waals surface area contributed by atoms with Crippen molar-refractivity contribution in [2.75, 3.05) is 67.7 Å². The van der Waals surface area contributed by atoms with Crippen molar-refractivity contribution >= 4 is 214 Å². The van der Waals surface area contributed by atoms with E-state index in [2.05, 4.69) is 61.8 Å². The Kier molecular flexibility index (Phi) is 21.8. The van der Waals surface area contributed by atoms with Crippen LogP contribution in [0.3, 0.4) is 0 Å². The highest BCUT2D eigenvalue weighted by Gasteiger charge is 2.33. The molecule has 0 saturated carbocycles. The van der Waals surface area contributed by atoms with Crippen molar-refractivity contribution in [1.82, 2.24) is 43.6 Å². The molecular formula is C69H66N18O24P6. The Morgan fingerprint density at radius 2 is 0.564 bits per heavy atom. The van der Waals surface area contributed by atoms with Crippen LogP contribution in [-0.4, -0.2) is 159 Å². The van der Waals surface area contributed by atoms with E-state index in [1.165, 1.54) is 160 Å². The number of rotatable bonds is 24. The van der Waals surface area contributed by atoms with Crippen LogP contribution in [0.25, 0.3) is 32.3 Å². The number of nitrogens with zero attached hydrogens (tertiary/aromatic N) is 9. The number of nitrogens with one attached hydrogen (secondary N) is 9. The van der Waals surface area contributed by atoms with Gasteiger partial charge in [0.2, 0.25) is 17.8 Å². The molecule has 13 rings (SSSR count). The highest BCUT2D eigenvalue weighted by atomic mass is 31.2. The van der Waals surface area contributed by atoms with Gasteiger partial charge in [-0.2, -0.15) is 15.0 Å². The Hall–Kier alpha value is -12.1. The van der Waals surface area contributed by atoms with Gasteiger partial charge >= 0.3 is 45.6 Å². The Morgan fingerprint density at radius 3 is 0.795 bits per heavy atom. The second-order valence-corrected chi connectivity index (χ2v) is 35.9. The zero-order valence-electron chi connectivity index (χ0n) is 61.1. The van der Waals surface area contributed by atoms with Crippen LogP contribution < -0.4 is 78.4 Å². The molecule has 7 aromatic heterocycles. The first-order valence-corrected chi connectivity index (χ1v) is 43.3. The van der Waals surface area contributed by atoms with Crippen molar-refractivity contribution < 1.29 is 115 Å². The Balaban J connectivity index is 0.748. The lowest BCUT2D eigenvalue weighted by Gasteiger charge is -2.16. The van der Waals surface area contributed by atoms with E-state index < -0.39 is 113 Å². The first-order chi connectivity index (χ1) is 54.7. The molecule has 117 heavy (non-hydrogen) atoms. The van der Waals surface area contributed by atoms with Crippen LogP contribution in [0.15, 0.2) is 165 Å². The lowest BCUT2D eigenvalue weighted by Crippen LogP contribution is -2.27. The molecule has 606 valence electrons. The van der Waals surface area contributed by atoms with Gasteiger partial charge in [-0.25, -0.2) is 0 Å². The van der Waals surface area contributed by atoms with Gasteiger partial charge in [-0.1, -0.05) is 36.4 Å². The summed E-state index contributed by atoms with van der Waals surface area (Å²) in [5.41, 5.74) is 0.131. The van der Waals surface area contributed by atoms with Crippen molar-refractivity contribution in [3.63, 3.8) is 0 Å². The molecule has 13 aromatic rings. The van der Waals surface area contributed by atoms with E-state index in [1.807, 2.05) is 0 Å². The molecule has 0 fully saturated rings. The maximum Gasteiger partial charge on any atom is 0.356 e. The normalized spacial score (nSPS) is 12.3. The zero-order chi connectivity index (χ0) is 84.8. The Bertz CT molecular complexity index is 6020. The topological polar surface area (TPSA) is 630 Å². The number of carbonyl (C=O) groups excluding carboxylic acids is 6. The van der Waals surface area contributed by atoms with Crippen LogP contribution in [0.2, 0.25) is 0 Å². The number of carbonyl (C=O) groups is 6. The molecule has 0 atom stereocenters. The van der Waals surface area contributed by atoms with Crippen LogP contribution >= 0.6 is 45.6 Å². The van der Waals surface area contributed by atoms with Crippen LogP contribution in [0, 0.1) is 0 Å². The van der Waals surface area contributed by atoms with E-state index in [-0.39, 0.29) is 136 Å². The fraction of sp³-hybridized carbons (Fsp3) is 0.0870. The minimum atomic E-state index is -5.10. The van der Waals surface area contributed by atoms with Gasteiger partial charge in [-0.15, -0.1) is 0 Å². The summed E-state index contributed by atoms with van der Waals surface area (Å²) >= 11 is 0. The van der Waals surface area contributed by atoms with Gasteiger partial charge in [0.05, 0.1) is 66.0 Å². The third-order valence-electron chi connectivity index (χ3n) is 18.4. The van der Waals surface area contributed by atoms with Crippen LogP contribution in [0.1, 0.15) is 62.9 Å². The standard InChI is InChI=1S/C69H66N18O24P6/c1-82-31-37(19-52(82)64(91)85(4)40-25-49(70-28-40)61(88)73-34-16-46-43(58(22-34)115(103,104)105)10-7-13-55(46)112(94,95)96)76-67-79-68(77-38-20-53(83(2)32-38)65(92)86(5)41-26-50(71-29-41)62(89)74-35-17-47-44(59(23-35)116(106,107)108)11-8-14-56(47)113(97,98)99)81-69(80-67)78-39-21-54(84(3)33-39)66(93)87(6)42-27-51(72-30-42)63(90)75-36-18-48-45(60(24-36)117(109,110)111)12-9-15-57(48)114(100,101)102/h7-33,70-72H,1-6H3,(H,73,88)(H,74,89)(H,75,90)(H2,94,95,96)(H2,97,98,99)(H2,100,101,102)(H2,103,104,105)(H2,106,107,108)(H2,109,110,111)(H3,76,77,78,79,80,81). The smallest absolute Gasteiger partial charge is 0.355 e. The van der Waals surface area contributed by atoms with E-state index in [0.29, 0.717) is 0 Å². The molecule has 0 spiro atoms. The van der Waals surface area contributed by atoms with E-state index >= 15 is 0 Å². The molecule has 42 nitrogen and oxygen atoms in total. The monoisotopic (exact) mass is 1720 g/mol. The van der Waals surface area contributed by atoms with Gasteiger partial charge in [0, 0.05) is 113 Å². The number of benzene rings is 6. The second kappa shape index (κ2) is 30.8. The first-order valence-electron chi connectivity index (χ1n) is 33.6. The fourth-order valence-electron chi connectivity index (χ4n) is 12.8. The van der Waals surface area contributed by atoms with Gasteiger partial charge in [0.15, 0.2) is 0 Å². The van der Waals surface area contributed by atoms with Gasteiger partial charge in [-0.05, 0) is 107 Å². The average Bonchev–Trinajstić information content (AvgIpc) is 1.74. The summed E-state index contributed by atoms with van der Waals surface area (Å²) < 4.78 is 79.5.